The zero-order chi connectivity index (χ0) is 20.3. The van der Waals surface area contributed by atoms with Crippen molar-refractivity contribution < 1.29 is 18.7 Å². The lowest BCUT2D eigenvalue weighted by atomic mass is 9.98. The molecule has 0 aromatic heterocycles. The van der Waals surface area contributed by atoms with Gasteiger partial charge in [-0.3, -0.25) is 9.59 Å². The lowest BCUT2D eigenvalue weighted by Gasteiger charge is -2.24. The van der Waals surface area contributed by atoms with Gasteiger partial charge >= 0.3 is 0 Å². The van der Waals surface area contributed by atoms with Crippen LogP contribution >= 0.6 is 0 Å². The van der Waals surface area contributed by atoms with Crippen LogP contribution in [-0.4, -0.2) is 48.1 Å². The molecule has 0 aliphatic carbocycles. The standard InChI is InChI=1S/C21H22FN3O3/c1-14(26)24(2)13-21(27)25-20(16-4-8-17(22)9-5-16)12-19(23-25)15-6-10-18(28-3)11-7-15/h4-11,20H,12-13H2,1-3H3/t20-/m1/s1. The van der Waals surface area contributed by atoms with Gasteiger partial charge in [0.05, 0.1) is 18.9 Å². The van der Waals surface area contributed by atoms with Gasteiger partial charge in [0.1, 0.15) is 18.1 Å². The maximum Gasteiger partial charge on any atom is 0.262 e. The van der Waals surface area contributed by atoms with E-state index >= 15 is 0 Å². The predicted octanol–water partition coefficient (Wildman–Crippen LogP) is 2.99. The lowest BCUT2D eigenvalue weighted by molar-refractivity contribution is -0.139. The molecule has 0 fully saturated rings. The van der Waals surface area contributed by atoms with E-state index in [0.29, 0.717) is 6.42 Å². The minimum atomic E-state index is -0.356. The van der Waals surface area contributed by atoms with Gasteiger partial charge in [0, 0.05) is 20.4 Å². The number of methoxy groups -OCH3 is 1. The molecule has 6 nitrogen and oxygen atoms in total. The third-order valence-electron chi connectivity index (χ3n) is 4.75. The Balaban J connectivity index is 1.91. The second-order valence-corrected chi connectivity index (χ2v) is 6.66. The van der Waals surface area contributed by atoms with Crippen molar-refractivity contribution in [1.29, 1.82) is 0 Å². The summed E-state index contributed by atoms with van der Waals surface area (Å²) in [6.07, 6.45) is 0.494. The van der Waals surface area contributed by atoms with Crippen LogP contribution in [0.15, 0.2) is 53.6 Å². The van der Waals surface area contributed by atoms with E-state index in [1.165, 1.54) is 29.0 Å². The van der Waals surface area contributed by atoms with E-state index in [9.17, 15) is 14.0 Å². The SMILES string of the molecule is COc1ccc(C2=NN(C(=O)CN(C)C(C)=O)[C@@H](c3ccc(F)cc3)C2)cc1. The van der Waals surface area contributed by atoms with Crippen molar-refractivity contribution in [1.82, 2.24) is 9.91 Å². The van der Waals surface area contributed by atoms with Crippen LogP contribution in [0.3, 0.4) is 0 Å². The monoisotopic (exact) mass is 383 g/mol. The van der Waals surface area contributed by atoms with Crippen LogP contribution in [0.4, 0.5) is 4.39 Å². The highest BCUT2D eigenvalue weighted by atomic mass is 19.1. The summed E-state index contributed by atoms with van der Waals surface area (Å²) in [6.45, 7) is 1.33. The first-order chi connectivity index (χ1) is 13.4. The molecule has 7 heteroatoms. The fourth-order valence-electron chi connectivity index (χ4n) is 3.03. The number of hydrazone groups is 1. The normalized spacial score (nSPS) is 15.9. The molecule has 2 aromatic carbocycles. The van der Waals surface area contributed by atoms with Crippen LogP contribution in [0, 0.1) is 5.82 Å². The number of benzene rings is 2. The van der Waals surface area contributed by atoms with Gasteiger partial charge in [-0.1, -0.05) is 12.1 Å². The zero-order valence-electron chi connectivity index (χ0n) is 16.1. The molecule has 146 valence electrons. The van der Waals surface area contributed by atoms with Gasteiger partial charge in [-0.05, 0) is 47.5 Å². The Morgan fingerprint density at radius 1 is 1.18 bits per heavy atom. The Bertz CT molecular complexity index is 894. The van der Waals surface area contributed by atoms with Crippen molar-refractivity contribution in [2.45, 2.75) is 19.4 Å². The number of amides is 2. The van der Waals surface area contributed by atoms with Crippen LogP contribution in [0.2, 0.25) is 0 Å². The molecular weight excluding hydrogens is 361 g/mol. The van der Waals surface area contributed by atoms with E-state index in [-0.39, 0.29) is 30.2 Å². The first-order valence-electron chi connectivity index (χ1n) is 8.90. The Morgan fingerprint density at radius 2 is 1.82 bits per heavy atom. The van der Waals surface area contributed by atoms with Crippen molar-refractivity contribution in [3.05, 3.63) is 65.5 Å². The molecule has 0 bridgehead atoms. The van der Waals surface area contributed by atoms with Gasteiger partial charge in [0.25, 0.3) is 5.91 Å². The number of likely N-dealkylation sites (N-methyl/N-ethyl adjacent to an activating group) is 1. The van der Waals surface area contributed by atoms with Gasteiger partial charge in [-0.15, -0.1) is 0 Å². The minimum absolute atomic E-state index is 0.0770. The highest BCUT2D eigenvalue weighted by molar-refractivity contribution is 6.03. The van der Waals surface area contributed by atoms with E-state index in [4.69, 9.17) is 4.74 Å². The maximum atomic E-state index is 13.3. The lowest BCUT2D eigenvalue weighted by Crippen LogP contribution is -2.38. The summed E-state index contributed by atoms with van der Waals surface area (Å²) in [5, 5.41) is 5.93. The molecule has 1 aliphatic heterocycles. The second-order valence-electron chi connectivity index (χ2n) is 6.66. The molecule has 1 heterocycles. The first kappa shape index (κ1) is 19.5. The van der Waals surface area contributed by atoms with Crippen molar-refractivity contribution in [3.63, 3.8) is 0 Å². The van der Waals surface area contributed by atoms with E-state index < -0.39 is 0 Å². The van der Waals surface area contributed by atoms with Crippen LogP contribution in [0.5, 0.6) is 5.75 Å². The predicted molar refractivity (Wildman–Crippen MR) is 103 cm³/mol. The number of hydrogen-bond acceptors (Lipinski definition) is 4. The molecule has 2 amide bonds. The van der Waals surface area contributed by atoms with E-state index in [0.717, 1.165) is 22.6 Å². The average molecular weight is 383 g/mol. The molecule has 2 aromatic rings. The third kappa shape index (κ3) is 4.19. The maximum absolute atomic E-state index is 13.3. The molecule has 3 rings (SSSR count). The van der Waals surface area contributed by atoms with Crippen molar-refractivity contribution in [2.75, 3.05) is 20.7 Å². The third-order valence-corrected chi connectivity index (χ3v) is 4.75. The number of carbonyl (C=O) groups excluding carboxylic acids is 2. The van der Waals surface area contributed by atoms with Gasteiger partial charge in [-0.2, -0.15) is 5.10 Å². The van der Waals surface area contributed by atoms with E-state index in [1.807, 2.05) is 24.3 Å². The van der Waals surface area contributed by atoms with Gasteiger partial charge < -0.3 is 9.64 Å². The molecule has 0 saturated carbocycles. The zero-order valence-corrected chi connectivity index (χ0v) is 16.1. The fraction of sp³-hybridized carbons (Fsp3) is 0.286. The van der Waals surface area contributed by atoms with Gasteiger partial charge in [0.15, 0.2) is 0 Å². The van der Waals surface area contributed by atoms with Crippen molar-refractivity contribution >= 4 is 17.5 Å². The number of hydrogen-bond donors (Lipinski definition) is 0. The highest BCUT2D eigenvalue weighted by Gasteiger charge is 2.33. The fourth-order valence-corrected chi connectivity index (χ4v) is 3.03. The quantitative estimate of drug-likeness (QED) is 0.797. The van der Waals surface area contributed by atoms with E-state index in [1.54, 1.807) is 26.3 Å². The number of ether oxygens (including phenoxy) is 1. The Kier molecular flexibility index (Phi) is 5.73. The summed E-state index contributed by atoms with van der Waals surface area (Å²) in [5.74, 6) is -0.110. The van der Waals surface area contributed by atoms with Crippen molar-refractivity contribution in [3.8, 4) is 5.75 Å². The molecule has 1 aliphatic rings. The molecule has 1 atom stereocenters. The summed E-state index contributed by atoms with van der Waals surface area (Å²) in [6, 6.07) is 13.1. The Labute approximate surface area is 163 Å². The largest absolute Gasteiger partial charge is 0.497 e. The summed E-state index contributed by atoms with van der Waals surface area (Å²) in [7, 11) is 3.16. The van der Waals surface area contributed by atoms with Crippen LogP contribution < -0.4 is 4.74 Å². The number of halogens is 1. The number of carbonyl (C=O) groups is 2. The molecule has 0 saturated heterocycles. The molecule has 0 spiro atoms. The smallest absolute Gasteiger partial charge is 0.262 e. The highest BCUT2D eigenvalue weighted by Crippen LogP contribution is 2.33. The molecule has 28 heavy (non-hydrogen) atoms. The van der Waals surface area contributed by atoms with Crippen LogP contribution in [-0.2, 0) is 9.59 Å². The summed E-state index contributed by atoms with van der Waals surface area (Å²) >= 11 is 0. The summed E-state index contributed by atoms with van der Waals surface area (Å²) in [5.41, 5.74) is 2.41. The van der Waals surface area contributed by atoms with Crippen LogP contribution in [0.25, 0.3) is 0 Å². The Morgan fingerprint density at radius 3 is 2.39 bits per heavy atom. The Hall–Kier alpha value is -3.22. The average Bonchev–Trinajstić information content (AvgIpc) is 3.14. The van der Waals surface area contributed by atoms with E-state index in [2.05, 4.69) is 5.10 Å². The van der Waals surface area contributed by atoms with Gasteiger partial charge in [0.2, 0.25) is 5.91 Å². The molecular formula is C21H22FN3O3. The first-order valence-corrected chi connectivity index (χ1v) is 8.90. The second kappa shape index (κ2) is 8.21. The summed E-state index contributed by atoms with van der Waals surface area (Å²) in [4.78, 5) is 25.7. The van der Waals surface area contributed by atoms with Crippen molar-refractivity contribution in [2.24, 2.45) is 5.10 Å². The molecule has 0 N–H and O–H groups in total. The number of nitrogens with zero attached hydrogens (tertiary/aromatic N) is 3. The molecule has 0 unspecified atom stereocenters. The van der Waals surface area contributed by atoms with Crippen LogP contribution in [0.1, 0.15) is 30.5 Å². The topological polar surface area (TPSA) is 62.2 Å². The summed E-state index contributed by atoms with van der Waals surface area (Å²) < 4.78 is 18.5. The molecule has 0 radical (unpaired) electrons. The number of rotatable bonds is 5. The minimum Gasteiger partial charge on any atom is -0.497 e. The van der Waals surface area contributed by atoms with Gasteiger partial charge in [-0.25, -0.2) is 9.40 Å².